The van der Waals surface area contributed by atoms with Crippen LogP contribution < -0.4 is 16.8 Å². The highest BCUT2D eigenvalue weighted by Crippen LogP contribution is 2.62. The maximum atomic E-state index is 13.0. The molecular formula is C23H33N5O3. The van der Waals surface area contributed by atoms with Crippen LogP contribution in [-0.2, 0) is 16.6 Å². The summed E-state index contributed by atoms with van der Waals surface area (Å²) in [5, 5.41) is 25.4. The third-order valence-electron chi connectivity index (χ3n) is 8.09. The van der Waals surface area contributed by atoms with Crippen LogP contribution in [0.5, 0.6) is 5.75 Å². The van der Waals surface area contributed by atoms with E-state index in [1.807, 2.05) is 12.1 Å². The molecule has 1 saturated heterocycles. The molecular weight excluding hydrogens is 394 g/mol. The number of hydrogen-bond acceptors (Lipinski definition) is 5. The van der Waals surface area contributed by atoms with Gasteiger partial charge in [-0.05, 0) is 74.2 Å². The molecule has 5 rings (SSSR count). The molecule has 4 unspecified atom stereocenters. The molecule has 2 bridgehead atoms. The first kappa shape index (κ1) is 20.6. The summed E-state index contributed by atoms with van der Waals surface area (Å²) in [5.41, 5.74) is 11.5. The second-order valence-corrected chi connectivity index (χ2v) is 9.96. The lowest BCUT2D eigenvalue weighted by Crippen LogP contribution is -2.69. The van der Waals surface area contributed by atoms with E-state index in [1.54, 1.807) is 6.07 Å². The number of fused-ring (bicyclic) bond motifs is 1. The van der Waals surface area contributed by atoms with Crippen LogP contribution in [0.2, 0.25) is 0 Å². The second-order valence-electron chi connectivity index (χ2n) is 9.96. The number of hydrogen-bond donors (Lipinski definition) is 5. The minimum absolute atomic E-state index is 0.00954. The monoisotopic (exact) mass is 427 g/mol. The SMILES string of the molecule is NC(N)=NCCNC(=O)C1CC23CCN(CC4CC4)C(Cc4ccc(O)cc42)C3(O)C1. The molecule has 0 aromatic heterocycles. The Bertz CT molecular complexity index is 912. The number of carbonyl (C=O) groups is 1. The van der Waals surface area contributed by atoms with Crippen LogP contribution in [0.1, 0.15) is 43.2 Å². The Balaban J connectivity index is 1.44. The maximum Gasteiger partial charge on any atom is 0.223 e. The number of phenolic OH excluding ortho intramolecular Hbond substituents is 1. The van der Waals surface area contributed by atoms with Crippen molar-refractivity contribution in [2.45, 2.75) is 55.6 Å². The standard InChI is InChI=1S/C23H33N5O3/c24-21(25)27-7-6-26-20(30)16-11-22-5-8-28(13-14-1-2-14)19(23(22,31)12-16)9-15-3-4-17(29)10-18(15)22/h3-4,10,14,16,19,29,31H,1-2,5-9,11-13H2,(H,26,30)(H4,24,25,27). The summed E-state index contributed by atoms with van der Waals surface area (Å²) < 4.78 is 0. The number of nitrogens with two attached hydrogens (primary N) is 2. The topological polar surface area (TPSA) is 137 Å². The normalized spacial score (nSPS) is 34.0. The Morgan fingerprint density at radius 1 is 1.29 bits per heavy atom. The quantitative estimate of drug-likeness (QED) is 0.250. The second kappa shape index (κ2) is 7.38. The molecule has 1 aliphatic heterocycles. The molecule has 4 aliphatic rings. The number of nitrogens with zero attached hydrogens (tertiary/aromatic N) is 2. The van der Waals surface area contributed by atoms with Crippen molar-refractivity contribution < 1.29 is 15.0 Å². The predicted molar refractivity (Wildman–Crippen MR) is 118 cm³/mol. The maximum absolute atomic E-state index is 13.0. The molecule has 7 N–H and O–H groups in total. The van der Waals surface area contributed by atoms with Gasteiger partial charge >= 0.3 is 0 Å². The first-order valence-electron chi connectivity index (χ1n) is 11.4. The molecule has 2 saturated carbocycles. The fourth-order valence-electron chi connectivity index (χ4n) is 6.52. The Morgan fingerprint density at radius 3 is 2.84 bits per heavy atom. The lowest BCUT2D eigenvalue weighted by molar-refractivity contribution is -0.134. The van der Waals surface area contributed by atoms with Gasteiger partial charge in [0, 0.05) is 30.5 Å². The van der Waals surface area contributed by atoms with Gasteiger partial charge in [0.05, 0.1) is 12.1 Å². The highest BCUT2D eigenvalue weighted by Gasteiger charge is 2.68. The largest absolute Gasteiger partial charge is 0.508 e. The summed E-state index contributed by atoms with van der Waals surface area (Å²) in [6, 6.07) is 5.58. The van der Waals surface area contributed by atoms with Crippen LogP contribution in [0.4, 0.5) is 0 Å². The number of rotatable bonds is 6. The van der Waals surface area contributed by atoms with E-state index >= 15 is 0 Å². The fraction of sp³-hybridized carbons (Fsp3) is 0.652. The van der Waals surface area contributed by atoms with Crippen molar-refractivity contribution >= 4 is 11.9 Å². The Labute approximate surface area is 182 Å². The number of piperidine rings is 1. The van der Waals surface area contributed by atoms with Crippen LogP contribution in [0, 0.1) is 11.8 Å². The van der Waals surface area contributed by atoms with Gasteiger partial charge < -0.3 is 27.0 Å². The fourth-order valence-corrected chi connectivity index (χ4v) is 6.52. The number of guanidine groups is 1. The van der Waals surface area contributed by atoms with E-state index in [1.165, 1.54) is 18.4 Å². The van der Waals surface area contributed by atoms with Gasteiger partial charge in [0.2, 0.25) is 5.91 Å². The summed E-state index contributed by atoms with van der Waals surface area (Å²) in [6.45, 7) is 2.67. The summed E-state index contributed by atoms with van der Waals surface area (Å²) >= 11 is 0. The van der Waals surface area contributed by atoms with Crippen molar-refractivity contribution in [2.75, 3.05) is 26.2 Å². The van der Waals surface area contributed by atoms with Gasteiger partial charge in [0.1, 0.15) is 5.75 Å². The molecule has 1 amide bonds. The molecule has 3 aliphatic carbocycles. The zero-order chi connectivity index (χ0) is 21.8. The first-order valence-corrected chi connectivity index (χ1v) is 11.4. The number of nitrogens with one attached hydrogen (secondary N) is 1. The van der Waals surface area contributed by atoms with Crippen molar-refractivity contribution in [2.24, 2.45) is 28.3 Å². The number of aromatic hydroxyl groups is 1. The molecule has 0 spiro atoms. The molecule has 3 fully saturated rings. The number of phenols is 1. The van der Waals surface area contributed by atoms with E-state index in [0.29, 0.717) is 25.9 Å². The van der Waals surface area contributed by atoms with Gasteiger partial charge in [-0.2, -0.15) is 0 Å². The van der Waals surface area contributed by atoms with Gasteiger partial charge in [0.25, 0.3) is 0 Å². The van der Waals surface area contributed by atoms with Gasteiger partial charge in [-0.15, -0.1) is 0 Å². The number of aliphatic imine (C=N–C) groups is 1. The summed E-state index contributed by atoms with van der Waals surface area (Å²) in [7, 11) is 0. The van der Waals surface area contributed by atoms with Crippen molar-refractivity contribution in [3.05, 3.63) is 29.3 Å². The van der Waals surface area contributed by atoms with E-state index in [-0.39, 0.29) is 29.6 Å². The zero-order valence-corrected chi connectivity index (χ0v) is 17.9. The number of benzene rings is 1. The van der Waals surface area contributed by atoms with E-state index in [4.69, 9.17) is 11.5 Å². The molecule has 8 heteroatoms. The molecule has 8 nitrogen and oxygen atoms in total. The summed E-state index contributed by atoms with van der Waals surface area (Å²) in [6.07, 6.45) is 5.17. The van der Waals surface area contributed by atoms with Crippen LogP contribution in [0.25, 0.3) is 0 Å². The Morgan fingerprint density at radius 2 is 2.10 bits per heavy atom. The molecule has 4 atom stereocenters. The smallest absolute Gasteiger partial charge is 0.223 e. The van der Waals surface area contributed by atoms with Crippen molar-refractivity contribution in [3.8, 4) is 5.75 Å². The van der Waals surface area contributed by atoms with E-state index in [2.05, 4.69) is 15.2 Å². The molecule has 1 heterocycles. The lowest BCUT2D eigenvalue weighted by Gasteiger charge is -2.59. The van der Waals surface area contributed by atoms with Crippen molar-refractivity contribution in [3.63, 3.8) is 0 Å². The predicted octanol–water partition coefficient (Wildman–Crippen LogP) is 0.201. The number of carbonyl (C=O) groups excluding carboxylic acids is 1. The van der Waals surface area contributed by atoms with E-state index < -0.39 is 11.0 Å². The summed E-state index contributed by atoms with van der Waals surface area (Å²) in [4.78, 5) is 19.4. The van der Waals surface area contributed by atoms with Crippen molar-refractivity contribution in [1.29, 1.82) is 0 Å². The molecule has 0 radical (unpaired) electrons. The summed E-state index contributed by atoms with van der Waals surface area (Å²) in [5.74, 6) is 0.646. The third kappa shape index (κ3) is 3.36. The van der Waals surface area contributed by atoms with E-state index in [9.17, 15) is 15.0 Å². The average Bonchev–Trinajstić information content (AvgIpc) is 3.47. The van der Waals surface area contributed by atoms with Crippen LogP contribution in [0.3, 0.4) is 0 Å². The van der Waals surface area contributed by atoms with Gasteiger partial charge in [0.15, 0.2) is 5.96 Å². The number of aliphatic hydroxyl groups is 1. The van der Waals surface area contributed by atoms with Gasteiger partial charge in [-0.3, -0.25) is 14.7 Å². The van der Waals surface area contributed by atoms with Crippen LogP contribution >= 0.6 is 0 Å². The molecule has 1 aromatic rings. The minimum atomic E-state index is -0.969. The molecule has 1 aromatic carbocycles. The highest BCUT2D eigenvalue weighted by atomic mass is 16.3. The lowest BCUT2D eigenvalue weighted by atomic mass is 9.56. The number of likely N-dealkylation sites (tertiary alicyclic amines) is 1. The van der Waals surface area contributed by atoms with Crippen LogP contribution in [0.15, 0.2) is 23.2 Å². The van der Waals surface area contributed by atoms with Gasteiger partial charge in [-0.25, -0.2) is 0 Å². The third-order valence-corrected chi connectivity index (χ3v) is 8.09. The Kier molecular flexibility index (Phi) is 4.90. The molecule has 168 valence electrons. The minimum Gasteiger partial charge on any atom is -0.508 e. The highest BCUT2D eigenvalue weighted by molar-refractivity contribution is 5.80. The average molecular weight is 428 g/mol. The Hall–Kier alpha value is -2.32. The first-order chi connectivity index (χ1) is 14.8. The van der Waals surface area contributed by atoms with Gasteiger partial charge in [-0.1, -0.05) is 6.07 Å². The zero-order valence-electron chi connectivity index (χ0n) is 17.9. The van der Waals surface area contributed by atoms with Crippen molar-refractivity contribution in [1.82, 2.24) is 10.2 Å². The van der Waals surface area contributed by atoms with Crippen LogP contribution in [-0.4, -0.2) is 64.8 Å². The van der Waals surface area contributed by atoms with E-state index in [0.717, 1.165) is 37.4 Å². The number of amides is 1. The molecule has 31 heavy (non-hydrogen) atoms.